The van der Waals surface area contributed by atoms with E-state index in [9.17, 15) is 17.6 Å². The zero-order valence-corrected chi connectivity index (χ0v) is 13.7. The number of benzene rings is 1. The molecular formula is C12H10BrFN2O3S2. The molecule has 0 spiro atoms. The number of nitrogens with two attached hydrogens (primary N) is 1. The number of rotatable bonds is 4. The van der Waals surface area contributed by atoms with Gasteiger partial charge < -0.3 is 5.32 Å². The fourth-order valence-corrected chi connectivity index (χ4v) is 3.74. The van der Waals surface area contributed by atoms with Gasteiger partial charge in [-0.3, -0.25) is 4.79 Å². The van der Waals surface area contributed by atoms with Gasteiger partial charge >= 0.3 is 0 Å². The van der Waals surface area contributed by atoms with Crippen LogP contribution in [0.5, 0.6) is 0 Å². The third kappa shape index (κ3) is 4.34. The Hall–Kier alpha value is -1.29. The Bertz CT molecular complexity index is 769. The summed E-state index contributed by atoms with van der Waals surface area (Å²) in [6.07, 6.45) is 0. The van der Waals surface area contributed by atoms with E-state index in [1.54, 1.807) is 6.07 Å². The van der Waals surface area contributed by atoms with Gasteiger partial charge in [-0.05, 0) is 30.3 Å². The van der Waals surface area contributed by atoms with Gasteiger partial charge in [0.05, 0.1) is 6.54 Å². The van der Waals surface area contributed by atoms with Crippen LogP contribution < -0.4 is 10.5 Å². The van der Waals surface area contributed by atoms with E-state index in [2.05, 4.69) is 21.2 Å². The summed E-state index contributed by atoms with van der Waals surface area (Å²) in [7, 11) is -3.73. The Morgan fingerprint density at radius 2 is 2.05 bits per heavy atom. The number of carbonyl (C=O) groups excluding carboxylic acids is 1. The third-order valence-corrected chi connectivity index (χ3v) is 5.45. The first-order valence-corrected chi connectivity index (χ1v) is 8.77. The van der Waals surface area contributed by atoms with E-state index >= 15 is 0 Å². The zero-order chi connectivity index (χ0) is 15.6. The predicted molar refractivity (Wildman–Crippen MR) is 81.0 cm³/mol. The molecule has 1 amide bonds. The maximum absolute atomic E-state index is 13.2. The zero-order valence-electron chi connectivity index (χ0n) is 10.5. The molecule has 112 valence electrons. The van der Waals surface area contributed by atoms with Crippen molar-refractivity contribution in [1.82, 2.24) is 5.32 Å². The number of primary sulfonamides is 1. The largest absolute Gasteiger partial charge is 0.347 e. The highest BCUT2D eigenvalue weighted by atomic mass is 79.9. The number of nitrogens with one attached hydrogen (secondary N) is 1. The Labute approximate surface area is 133 Å². The molecule has 0 aliphatic heterocycles. The van der Waals surface area contributed by atoms with Gasteiger partial charge in [0.1, 0.15) is 10.0 Å². The fraction of sp³-hybridized carbons (Fsp3) is 0.0833. The standard InChI is InChI=1S/C12H10BrFN2O3S2/c13-8-3-7(4-9(14)5-8)12(17)16-6-10-1-2-11(20-10)21(15,18)19/h1-5H,6H2,(H,16,17)(H2,15,18,19). The lowest BCUT2D eigenvalue weighted by Crippen LogP contribution is -2.22. The second-order valence-corrected chi connectivity index (χ2v) is 7.98. The molecule has 5 nitrogen and oxygen atoms in total. The second kappa shape index (κ2) is 6.22. The fourth-order valence-electron chi connectivity index (χ4n) is 1.56. The maximum Gasteiger partial charge on any atom is 0.251 e. The van der Waals surface area contributed by atoms with Crippen LogP contribution in [0.4, 0.5) is 4.39 Å². The number of sulfonamides is 1. The van der Waals surface area contributed by atoms with Crippen molar-refractivity contribution in [3.05, 3.63) is 51.1 Å². The number of amides is 1. The topological polar surface area (TPSA) is 89.3 Å². The number of thiophene rings is 1. The summed E-state index contributed by atoms with van der Waals surface area (Å²) in [6, 6.07) is 6.79. The molecule has 21 heavy (non-hydrogen) atoms. The van der Waals surface area contributed by atoms with Crippen LogP contribution >= 0.6 is 27.3 Å². The lowest BCUT2D eigenvalue weighted by Gasteiger charge is -2.04. The van der Waals surface area contributed by atoms with Crippen molar-refractivity contribution < 1.29 is 17.6 Å². The van der Waals surface area contributed by atoms with E-state index in [4.69, 9.17) is 5.14 Å². The van der Waals surface area contributed by atoms with Gasteiger partial charge in [0.2, 0.25) is 10.0 Å². The Morgan fingerprint density at radius 1 is 1.33 bits per heavy atom. The van der Waals surface area contributed by atoms with E-state index in [-0.39, 0.29) is 16.3 Å². The van der Waals surface area contributed by atoms with Crippen molar-refractivity contribution >= 4 is 43.2 Å². The molecule has 1 heterocycles. The van der Waals surface area contributed by atoms with Gasteiger partial charge in [-0.25, -0.2) is 17.9 Å². The highest BCUT2D eigenvalue weighted by Gasteiger charge is 2.12. The molecule has 1 aromatic heterocycles. The number of halogens is 2. The first-order valence-electron chi connectivity index (χ1n) is 5.61. The Balaban J connectivity index is 2.06. The molecule has 0 aliphatic rings. The predicted octanol–water partition coefficient (Wildman–Crippen LogP) is 2.23. The summed E-state index contributed by atoms with van der Waals surface area (Å²) in [5.74, 6) is -0.983. The first kappa shape index (κ1) is 16.1. The van der Waals surface area contributed by atoms with E-state index in [1.165, 1.54) is 18.2 Å². The molecule has 0 unspecified atom stereocenters. The van der Waals surface area contributed by atoms with Gasteiger partial charge in [-0.1, -0.05) is 15.9 Å². The summed E-state index contributed by atoms with van der Waals surface area (Å²) in [5, 5.41) is 7.58. The summed E-state index contributed by atoms with van der Waals surface area (Å²) >= 11 is 4.08. The summed E-state index contributed by atoms with van der Waals surface area (Å²) in [5.41, 5.74) is 0.171. The second-order valence-electron chi connectivity index (χ2n) is 4.11. The van der Waals surface area contributed by atoms with Crippen LogP contribution in [-0.2, 0) is 16.6 Å². The van der Waals surface area contributed by atoms with Gasteiger partial charge in [0, 0.05) is 14.9 Å². The average molecular weight is 393 g/mol. The third-order valence-electron chi connectivity index (χ3n) is 2.47. The molecule has 0 fully saturated rings. The van der Waals surface area contributed by atoms with E-state index in [0.29, 0.717) is 9.35 Å². The molecule has 3 N–H and O–H groups in total. The lowest BCUT2D eigenvalue weighted by atomic mass is 10.2. The summed E-state index contributed by atoms with van der Waals surface area (Å²) < 4.78 is 36.0. The monoisotopic (exact) mass is 392 g/mol. The van der Waals surface area contributed by atoms with Gasteiger partial charge in [-0.2, -0.15) is 0 Å². The van der Waals surface area contributed by atoms with E-state index < -0.39 is 21.7 Å². The van der Waals surface area contributed by atoms with Gasteiger partial charge in [-0.15, -0.1) is 11.3 Å². The highest BCUT2D eigenvalue weighted by molar-refractivity contribution is 9.10. The highest BCUT2D eigenvalue weighted by Crippen LogP contribution is 2.20. The minimum absolute atomic E-state index is 0.0280. The molecule has 2 aromatic rings. The molecule has 9 heteroatoms. The molecule has 0 saturated carbocycles. The molecule has 1 aromatic carbocycles. The van der Waals surface area contributed by atoms with Crippen LogP contribution in [0.25, 0.3) is 0 Å². The minimum atomic E-state index is -3.73. The molecule has 0 aliphatic carbocycles. The van der Waals surface area contributed by atoms with E-state index in [0.717, 1.165) is 17.4 Å². The smallest absolute Gasteiger partial charge is 0.251 e. The van der Waals surface area contributed by atoms with Crippen molar-refractivity contribution in [3.8, 4) is 0 Å². The van der Waals surface area contributed by atoms with Crippen LogP contribution in [0, 0.1) is 5.82 Å². The van der Waals surface area contributed by atoms with Crippen LogP contribution in [0.15, 0.2) is 39.0 Å². The molecule has 0 radical (unpaired) electrons. The van der Waals surface area contributed by atoms with Gasteiger partial charge in [0.25, 0.3) is 5.91 Å². The Morgan fingerprint density at radius 3 is 2.62 bits per heavy atom. The van der Waals surface area contributed by atoms with Crippen molar-refractivity contribution in [2.24, 2.45) is 5.14 Å². The number of hydrogen-bond acceptors (Lipinski definition) is 4. The van der Waals surface area contributed by atoms with Crippen LogP contribution in [0.1, 0.15) is 15.2 Å². The molecule has 0 atom stereocenters. The first-order chi connectivity index (χ1) is 9.75. The van der Waals surface area contributed by atoms with Crippen LogP contribution in [-0.4, -0.2) is 14.3 Å². The molecule has 2 rings (SSSR count). The maximum atomic E-state index is 13.2. The lowest BCUT2D eigenvalue weighted by molar-refractivity contribution is 0.0950. The summed E-state index contributed by atoms with van der Waals surface area (Å²) in [4.78, 5) is 12.5. The molecule has 0 saturated heterocycles. The average Bonchev–Trinajstić information content (AvgIpc) is 2.83. The van der Waals surface area contributed by atoms with Gasteiger partial charge in [0.15, 0.2) is 0 Å². The normalized spacial score (nSPS) is 11.4. The quantitative estimate of drug-likeness (QED) is 0.835. The van der Waals surface area contributed by atoms with Crippen molar-refractivity contribution in [2.45, 2.75) is 10.8 Å². The van der Waals surface area contributed by atoms with E-state index in [1.807, 2.05) is 0 Å². The summed E-state index contributed by atoms with van der Waals surface area (Å²) in [6.45, 7) is 0.132. The number of carbonyl (C=O) groups is 1. The molecular weight excluding hydrogens is 383 g/mol. The van der Waals surface area contributed by atoms with Crippen LogP contribution in [0.2, 0.25) is 0 Å². The van der Waals surface area contributed by atoms with Crippen molar-refractivity contribution in [2.75, 3.05) is 0 Å². The molecule has 0 bridgehead atoms. The van der Waals surface area contributed by atoms with Crippen molar-refractivity contribution in [1.29, 1.82) is 0 Å². The SMILES string of the molecule is NS(=O)(=O)c1ccc(CNC(=O)c2cc(F)cc(Br)c2)s1. The minimum Gasteiger partial charge on any atom is -0.347 e. The number of hydrogen-bond donors (Lipinski definition) is 2. The van der Waals surface area contributed by atoms with Crippen molar-refractivity contribution in [3.63, 3.8) is 0 Å². The van der Waals surface area contributed by atoms with Crippen LogP contribution in [0.3, 0.4) is 0 Å². The Kier molecular flexibility index (Phi) is 4.77.